The number of nitrogens with zero attached hydrogens (tertiary/aromatic N) is 1. The van der Waals surface area contributed by atoms with Crippen LogP contribution in [-0.4, -0.2) is 14.7 Å². The van der Waals surface area contributed by atoms with Gasteiger partial charge in [0.2, 0.25) is 8.87 Å². The van der Waals surface area contributed by atoms with E-state index < -0.39 is 8.87 Å². The van der Waals surface area contributed by atoms with E-state index in [1.165, 1.54) is 30.5 Å². The summed E-state index contributed by atoms with van der Waals surface area (Å²) < 4.78 is 22.5. The van der Waals surface area contributed by atoms with Crippen molar-refractivity contribution in [1.82, 2.24) is 0 Å². The molecule has 0 amide bonds. The highest BCUT2D eigenvalue weighted by Crippen LogP contribution is 2.22. The molecule has 0 aliphatic rings. The minimum atomic E-state index is -3.25. The van der Waals surface area contributed by atoms with E-state index >= 15 is 0 Å². The number of hydrogen-bond acceptors (Lipinski definition) is 5. The second-order valence-corrected chi connectivity index (χ2v) is 6.24. The summed E-state index contributed by atoms with van der Waals surface area (Å²) in [6, 6.07) is 5.47. The van der Waals surface area contributed by atoms with Gasteiger partial charge in [-0.05, 0) is 46.5 Å². The molecule has 0 aromatic heterocycles. The molecule has 4 nitrogen and oxygen atoms in total. The average Bonchev–Trinajstić information content (AvgIpc) is 2.18. The molecule has 0 spiro atoms. The van der Waals surface area contributed by atoms with Crippen molar-refractivity contribution in [2.45, 2.75) is 4.90 Å². The fourth-order valence-corrected chi connectivity index (χ4v) is 2.34. The first-order chi connectivity index (χ1) is 6.10. The van der Waals surface area contributed by atoms with E-state index in [2.05, 4.69) is 5.18 Å². The van der Waals surface area contributed by atoms with Gasteiger partial charge in [-0.2, -0.15) is 0 Å². The Morgan fingerprint density at radius 1 is 1.23 bits per heavy atom. The Kier molecular flexibility index (Phi) is 3.05. The van der Waals surface area contributed by atoms with Crippen LogP contribution in [0.15, 0.2) is 34.3 Å². The van der Waals surface area contributed by atoms with Crippen molar-refractivity contribution < 1.29 is 8.42 Å². The van der Waals surface area contributed by atoms with E-state index in [9.17, 15) is 13.3 Å². The van der Waals surface area contributed by atoms with Crippen molar-refractivity contribution in [2.24, 2.45) is 5.18 Å². The average molecular weight is 217 g/mol. The molecule has 0 bridgehead atoms. The van der Waals surface area contributed by atoms with Gasteiger partial charge in [0.15, 0.2) is 0 Å². The third-order valence-electron chi connectivity index (χ3n) is 1.45. The van der Waals surface area contributed by atoms with Gasteiger partial charge in [0, 0.05) is 0 Å². The largest absolute Gasteiger partial charge is 0.229 e. The van der Waals surface area contributed by atoms with Gasteiger partial charge in [-0.3, -0.25) is 0 Å². The molecule has 0 unspecified atom stereocenters. The van der Waals surface area contributed by atoms with E-state index in [1.807, 2.05) is 0 Å². The minimum absolute atomic E-state index is 0.187. The summed E-state index contributed by atoms with van der Waals surface area (Å²) in [5.41, 5.74) is 0.222. The van der Waals surface area contributed by atoms with E-state index in [1.54, 1.807) is 0 Å². The SMILES string of the molecule is CSS(=O)(=O)c1ccc(N=O)cc1. The van der Waals surface area contributed by atoms with Crippen molar-refractivity contribution in [3.05, 3.63) is 29.2 Å². The molecule has 6 heteroatoms. The first-order valence-corrected chi connectivity index (χ1v) is 6.56. The molecule has 1 aromatic rings. The van der Waals surface area contributed by atoms with Gasteiger partial charge in [0.25, 0.3) is 0 Å². The zero-order chi connectivity index (χ0) is 9.90. The molecule has 0 radical (unpaired) electrons. The summed E-state index contributed by atoms with van der Waals surface area (Å²) in [6.07, 6.45) is 1.49. The number of hydrogen-bond donors (Lipinski definition) is 0. The van der Waals surface area contributed by atoms with Crippen LogP contribution in [0.1, 0.15) is 0 Å². The molecular weight excluding hydrogens is 210 g/mol. The molecule has 0 saturated carbocycles. The molecular formula is C7H7NO3S2. The second-order valence-electron chi connectivity index (χ2n) is 2.21. The van der Waals surface area contributed by atoms with Crippen LogP contribution in [-0.2, 0) is 8.87 Å². The summed E-state index contributed by atoms with van der Waals surface area (Å²) in [5, 5.41) is 2.67. The monoisotopic (exact) mass is 217 g/mol. The number of nitroso groups, excluding NO2 is 1. The van der Waals surface area contributed by atoms with Gasteiger partial charge in [-0.1, -0.05) is 0 Å². The lowest BCUT2D eigenvalue weighted by atomic mass is 10.3. The summed E-state index contributed by atoms with van der Waals surface area (Å²) in [5.74, 6) is 0. The summed E-state index contributed by atoms with van der Waals surface area (Å²) in [7, 11) is -2.49. The fraction of sp³-hybridized carbons (Fsp3) is 0.143. The van der Waals surface area contributed by atoms with Gasteiger partial charge >= 0.3 is 0 Å². The molecule has 0 fully saturated rings. The Balaban J connectivity index is 3.13. The molecule has 1 aromatic carbocycles. The van der Waals surface area contributed by atoms with E-state index in [4.69, 9.17) is 0 Å². The standard InChI is InChI=1S/C7H7NO3S2/c1-12-13(10,11)7-4-2-6(8-9)3-5-7/h2-5H,1H3. The molecule has 13 heavy (non-hydrogen) atoms. The van der Waals surface area contributed by atoms with E-state index in [0.29, 0.717) is 0 Å². The van der Waals surface area contributed by atoms with E-state index in [-0.39, 0.29) is 10.6 Å². The van der Waals surface area contributed by atoms with Crippen LogP contribution in [0.25, 0.3) is 0 Å². The summed E-state index contributed by atoms with van der Waals surface area (Å²) >= 11 is 0. The van der Waals surface area contributed by atoms with Crippen LogP contribution in [0.2, 0.25) is 0 Å². The Hall–Kier alpha value is -0.880. The lowest BCUT2D eigenvalue weighted by Gasteiger charge is -1.98. The predicted molar refractivity (Wildman–Crippen MR) is 52.6 cm³/mol. The maximum absolute atomic E-state index is 11.3. The first kappa shape index (κ1) is 10.2. The Morgan fingerprint density at radius 2 is 1.77 bits per heavy atom. The lowest BCUT2D eigenvalue weighted by molar-refractivity contribution is 0.610. The molecule has 0 heterocycles. The second kappa shape index (κ2) is 3.89. The zero-order valence-electron chi connectivity index (χ0n) is 6.80. The molecule has 0 N–H and O–H groups in total. The van der Waals surface area contributed by atoms with Crippen molar-refractivity contribution in [3.8, 4) is 0 Å². The van der Waals surface area contributed by atoms with Crippen LogP contribution >= 0.6 is 10.8 Å². The van der Waals surface area contributed by atoms with Crippen LogP contribution < -0.4 is 0 Å². The van der Waals surface area contributed by atoms with Gasteiger partial charge in [-0.15, -0.1) is 4.91 Å². The van der Waals surface area contributed by atoms with Crippen LogP contribution in [0.5, 0.6) is 0 Å². The highest BCUT2D eigenvalue weighted by atomic mass is 33.1. The third kappa shape index (κ3) is 2.28. The Labute approximate surface area is 79.6 Å². The van der Waals surface area contributed by atoms with Gasteiger partial charge in [0.1, 0.15) is 5.69 Å². The minimum Gasteiger partial charge on any atom is -0.212 e. The Bertz CT molecular complexity index is 396. The highest BCUT2D eigenvalue weighted by Gasteiger charge is 2.11. The van der Waals surface area contributed by atoms with Crippen molar-refractivity contribution in [3.63, 3.8) is 0 Å². The van der Waals surface area contributed by atoms with Crippen molar-refractivity contribution in [2.75, 3.05) is 6.26 Å². The van der Waals surface area contributed by atoms with Crippen LogP contribution in [0, 0.1) is 4.91 Å². The van der Waals surface area contributed by atoms with Crippen LogP contribution in [0.3, 0.4) is 0 Å². The molecule has 0 aliphatic heterocycles. The zero-order valence-corrected chi connectivity index (χ0v) is 8.43. The maximum Gasteiger partial charge on any atom is 0.229 e. The van der Waals surface area contributed by atoms with Gasteiger partial charge in [-0.25, -0.2) is 8.42 Å². The maximum atomic E-state index is 11.3. The predicted octanol–water partition coefficient (Wildman–Crippen LogP) is 2.14. The van der Waals surface area contributed by atoms with Gasteiger partial charge < -0.3 is 0 Å². The molecule has 1 rings (SSSR count). The molecule has 0 saturated heterocycles. The van der Waals surface area contributed by atoms with Gasteiger partial charge in [0.05, 0.1) is 4.90 Å². The summed E-state index contributed by atoms with van der Waals surface area (Å²) in [6.45, 7) is 0. The molecule has 0 atom stereocenters. The lowest BCUT2D eigenvalue weighted by Crippen LogP contribution is -1.92. The number of benzene rings is 1. The Morgan fingerprint density at radius 3 is 2.15 bits per heavy atom. The van der Waals surface area contributed by atoms with Crippen molar-refractivity contribution >= 4 is 25.4 Å². The quantitative estimate of drug-likeness (QED) is 0.574. The fourth-order valence-electron chi connectivity index (χ4n) is 0.770. The molecule has 0 aliphatic carbocycles. The van der Waals surface area contributed by atoms with E-state index in [0.717, 1.165) is 10.8 Å². The first-order valence-electron chi connectivity index (χ1n) is 3.34. The topological polar surface area (TPSA) is 63.6 Å². The molecule has 70 valence electrons. The van der Waals surface area contributed by atoms with Crippen LogP contribution in [0.4, 0.5) is 5.69 Å². The summed E-state index contributed by atoms with van der Waals surface area (Å²) in [4.78, 5) is 10.2. The normalized spacial score (nSPS) is 11.2. The highest BCUT2D eigenvalue weighted by molar-refractivity contribution is 8.71. The third-order valence-corrected chi connectivity index (χ3v) is 4.63. The number of rotatable bonds is 3. The van der Waals surface area contributed by atoms with Crippen molar-refractivity contribution in [1.29, 1.82) is 0 Å². The smallest absolute Gasteiger partial charge is 0.212 e.